The van der Waals surface area contributed by atoms with Gasteiger partial charge in [0, 0.05) is 22.4 Å². The lowest BCUT2D eigenvalue weighted by molar-refractivity contribution is 1.23. The Labute approximate surface area is 240 Å². The molecule has 2 heterocycles. The number of fused-ring (bicyclic) bond motifs is 5. The Morgan fingerprint density at radius 2 is 1.41 bits per heavy atom. The van der Waals surface area contributed by atoms with Gasteiger partial charge in [-0.1, -0.05) is 97.9 Å². The minimum absolute atomic E-state index is 0.995. The third kappa shape index (κ3) is 4.58. The lowest BCUT2D eigenvalue weighted by Gasteiger charge is -2.13. The van der Waals surface area contributed by atoms with Crippen LogP contribution >= 0.6 is 0 Å². The second kappa shape index (κ2) is 10.5. The lowest BCUT2D eigenvalue weighted by Crippen LogP contribution is -1.90. The van der Waals surface area contributed by atoms with Gasteiger partial charge in [-0.05, 0) is 93.9 Å². The van der Waals surface area contributed by atoms with E-state index in [-0.39, 0.29) is 0 Å². The van der Waals surface area contributed by atoms with Crippen LogP contribution in [-0.4, -0.2) is 9.97 Å². The number of allylic oxidation sites excluding steroid dienone is 4. The molecule has 0 fully saturated rings. The maximum Gasteiger partial charge on any atom is 0.0722 e. The maximum absolute atomic E-state index is 5.21. The van der Waals surface area contributed by atoms with Gasteiger partial charge in [-0.25, -0.2) is 4.98 Å². The molecule has 2 aromatic heterocycles. The van der Waals surface area contributed by atoms with Gasteiger partial charge in [0.1, 0.15) is 0 Å². The molecule has 41 heavy (non-hydrogen) atoms. The van der Waals surface area contributed by atoms with Gasteiger partial charge in [-0.3, -0.25) is 4.98 Å². The Hall–Kier alpha value is -5.08. The zero-order valence-electron chi connectivity index (χ0n) is 23.3. The van der Waals surface area contributed by atoms with E-state index in [1.165, 1.54) is 49.5 Å². The van der Waals surface area contributed by atoms with Crippen LogP contribution in [0.5, 0.6) is 0 Å². The number of benzene rings is 5. The Morgan fingerprint density at radius 3 is 2.24 bits per heavy atom. The van der Waals surface area contributed by atoms with Crippen molar-refractivity contribution in [3.63, 3.8) is 0 Å². The standard InChI is InChI=1S/C39H30N2/c1-3-8-26(9-4-2)30-17-18-32-23-36-34-12-6-5-11-33(34)35(25-39(36)41-38(32)24-30)28-15-13-27(14-16-28)29-19-20-37-31(22-29)10-7-21-40-37/h3,5-25H,4H2,1-2H3/b8-3-,26-9+. The van der Waals surface area contributed by atoms with E-state index >= 15 is 0 Å². The predicted molar refractivity (Wildman–Crippen MR) is 176 cm³/mol. The molecule has 0 atom stereocenters. The molecule has 2 heteroatoms. The van der Waals surface area contributed by atoms with Crippen molar-refractivity contribution in [2.75, 3.05) is 0 Å². The summed E-state index contributed by atoms with van der Waals surface area (Å²) < 4.78 is 0. The molecule has 196 valence electrons. The van der Waals surface area contributed by atoms with Crippen LogP contribution in [0.1, 0.15) is 25.8 Å². The van der Waals surface area contributed by atoms with Crippen molar-refractivity contribution in [3.05, 3.63) is 139 Å². The molecular weight excluding hydrogens is 496 g/mol. The molecule has 0 N–H and O–H groups in total. The molecule has 0 aliphatic heterocycles. The third-order valence-corrected chi connectivity index (χ3v) is 7.87. The van der Waals surface area contributed by atoms with Crippen LogP contribution in [0, 0.1) is 0 Å². The molecular formula is C39H30N2. The van der Waals surface area contributed by atoms with Gasteiger partial charge in [-0.2, -0.15) is 0 Å². The SMILES string of the molecule is C/C=C\C(=C/CC)c1ccc2cc3c(cc(-c4ccc(-c5ccc6ncccc6c5)cc4)c4ccccc43)nc2c1. The first-order valence-electron chi connectivity index (χ1n) is 14.3. The van der Waals surface area contributed by atoms with E-state index in [1.807, 2.05) is 12.3 Å². The normalized spacial score (nSPS) is 12.3. The fourth-order valence-electron chi connectivity index (χ4n) is 5.87. The molecule has 0 aliphatic carbocycles. The van der Waals surface area contributed by atoms with Gasteiger partial charge in [0.15, 0.2) is 0 Å². The highest BCUT2D eigenvalue weighted by Gasteiger charge is 2.12. The number of nitrogens with zero attached hydrogens (tertiary/aromatic N) is 2. The minimum Gasteiger partial charge on any atom is -0.256 e. The van der Waals surface area contributed by atoms with Crippen LogP contribution in [0.3, 0.4) is 0 Å². The van der Waals surface area contributed by atoms with E-state index in [0.717, 1.165) is 33.7 Å². The Morgan fingerprint density at radius 1 is 0.634 bits per heavy atom. The number of pyridine rings is 2. The average molecular weight is 527 g/mol. The summed E-state index contributed by atoms with van der Waals surface area (Å²) in [7, 11) is 0. The van der Waals surface area contributed by atoms with Gasteiger partial charge in [0.2, 0.25) is 0 Å². The van der Waals surface area contributed by atoms with Crippen molar-refractivity contribution >= 4 is 49.1 Å². The zero-order valence-corrected chi connectivity index (χ0v) is 23.3. The highest BCUT2D eigenvalue weighted by atomic mass is 14.7. The van der Waals surface area contributed by atoms with Crippen molar-refractivity contribution in [2.45, 2.75) is 20.3 Å². The van der Waals surface area contributed by atoms with Crippen molar-refractivity contribution in [3.8, 4) is 22.3 Å². The van der Waals surface area contributed by atoms with E-state index in [2.05, 4.69) is 140 Å². The first kappa shape index (κ1) is 24.9. The van der Waals surface area contributed by atoms with Gasteiger partial charge in [0.05, 0.1) is 16.6 Å². The summed E-state index contributed by atoms with van der Waals surface area (Å²) in [6.07, 6.45) is 9.38. The van der Waals surface area contributed by atoms with E-state index < -0.39 is 0 Å². The largest absolute Gasteiger partial charge is 0.256 e. The summed E-state index contributed by atoms with van der Waals surface area (Å²) in [5.41, 5.74) is 10.3. The van der Waals surface area contributed by atoms with Gasteiger partial charge < -0.3 is 0 Å². The fraction of sp³-hybridized carbons (Fsp3) is 0.0769. The van der Waals surface area contributed by atoms with E-state index in [1.54, 1.807) is 0 Å². The van der Waals surface area contributed by atoms with Gasteiger partial charge in [0.25, 0.3) is 0 Å². The first-order valence-corrected chi connectivity index (χ1v) is 14.3. The van der Waals surface area contributed by atoms with E-state index in [4.69, 9.17) is 4.98 Å². The van der Waals surface area contributed by atoms with Crippen molar-refractivity contribution in [2.24, 2.45) is 0 Å². The predicted octanol–water partition coefficient (Wildman–Crippen LogP) is 10.8. The van der Waals surface area contributed by atoms with Crippen LogP contribution in [0.2, 0.25) is 0 Å². The molecule has 7 rings (SSSR count). The van der Waals surface area contributed by atoms with Gasteiger partial charge in [-0.15, -0.1) is 0 Å². The smallest absolute Gasteiger partial charge is 0.0722 e. The van der Waals surface area contributed by atoms with E-state index in [0.29, 0.717) is 0 Å². The zero-order chi connectivity index (χ0) is 27.8. The molecule has 0 saturated heterocycles. The first-order chi connectivity index (χ1) is 20.2. The molecule has 0 saturated carbocycles. The summed E-state index contributed by atoms with van der Waals surface area (Å²) in [5, 5.41) is 5.96. The molecule has 0 spiro atoms. The third-order valence-electron chi connectivity index (χ3n) is 7.87. The molecule has 0 bridgehead atoms. The monoisotopic (exact) mass is 526 g/mol. The summed E-state index contributed by atoms with van der Waals surface area (Å²) in [5.74, 6) is 0. The minimum atomic E-state index is 0.995. The van der Waals surface area contributed by atoms with Crippen LogP contribution in [0.25, 0.3) is 71.3 Å². The average Bonchev–Trinajstić information content (AvgIpc) is 3.03. The second-order valence-corrected chi connectivity index (χ2v) is 10.5. The summed E-state index contributed by atoms with van der Waals surface area (Å²) >= 11 is 0. The molecule has 0 unspecified atom stereocenters. The quantitative estimate of drug-likeness (QED) is 0.127. The van der Waals surface area contributed by atoms with Crippen LogP contribution in [0.4, 0.5) is 0 Å². The second-order valence-electron chi connectivity index (χ2n) is 10.5. The molecule has 0 aliphatic rings. The Balaban J connectivity index is 1.36. The van der Waals surface area contributed by atoms with Crippen molar-refractivity contribution in [1.29, 1.82) is 0 Å². The number of rotatable bonds is 5. The van der Waals surface area contributed by atoms with Gasteiger partial charge >= 0.3 is 0 Å². The lowest BCUT2D eigenvalue weighted by atomic mass is 9.93. The van der Waals surface area contributed by atoms with Crippen LogP contribution in [-0.2, 0) is 0 Å². The summed E-state index contributed by atoms with van der Waals surface area (Å²) in [4.78, 5) is 9.67. The van der Waals surface area contributed by atoms with E-state index in [9.17, 15) is 0 Å². The topological polar surface area (TPSA) is 25.8 Å². The van der Waals surface area contributed by atoms with Crippen LogP contribution in [0.15, 0.2) is 134 Å². The maximum atomic E-state index is 5.21. The molecule has 7 aromatic rings. The number of aromatic nitrogens is 2. The number of hydrogen-bond acceptors (Lipinski definition) is 2. The molecule has 0 radical (unpaired) electrons. The summed E-state index contributed by atoms with van der Waals surface area (Å²) in [6.45, 7) is 4.24. The highest BCUT2D eigenvalue weighted by Crippen LogP contribution is 2.37. The Bertz CT molecular complexity index is 2130. The fourth-order valence-corrected chi connectivity index (χ4v) is 5.87. The Kier molecular flexibility index (Phi) is 6.37. The molecule has 0 amide bonds. The highest BCUT2D eigenvalue weighted by molar-refractivity contribution is 6.15. The van der Waals surface area contributed by atoms with Crippen molar-refractivity contribution in [1.82, 2.24) is 9.97 Å². The van der Waals surface area contributed by atoms with Crippen molar-refractivity contribution < 1.29 is 0 Å². The molecule has 5 aromatic carbocycles. The summed E-state index contributed by atoms with van der Waals surface area (Å²) in [6, 6.07) is 39.3. The van der Waals surface area contributed by atoms with Crippen LogP contribution < -0.4 is 0 Å². The number of hydrogen-bond donors (Lipinski definition) is 0. The molecule has 2 nitrogen and oxygen atoms in total.